The van der Waals surface area contributed by atoms with Gasteiger partial charge >= 0.3 is 0 Å². The fourth-order valence-electron chi connectivity index (χ4n) is 2.72. The van der Waals surface area contributed by atoms with Crippen molar-refractivity contribution in [2.75, 3.05) is 0 Å². The van der Waals surface area contributed by atoms with E-state index < -0.39 is 4.92 Å². The number of thioether (sulfide) groups is 1. The van der Waals surface area contributed by atoms with Crippen LogP contribution in [0.25, 0.3) is 0 Å². The average Bonchev–Trinajstić information content (AvgIpc) is 2.77. The normalized spacial score (nSPS) is 11.5. The summed E-state index contributed by atoms with van der Waals surface area (Å²) in [5.41, 5.74) is 2.07. The van der Waals surface area contributed by atoms with Gasteiger partial charge in [0.25, 0.3) is 5.69 Å². The van der Waals surface area contributed by atoms with Crippen LogP contribution in [0.5, 0.6) is 5.75 Å². The molecule has 0 aliphatic heterocycles. The summed E-state index contributed by atoms with van der Waals surface area (Å²) in [6.07, 6.45) is 0. The van der Waals surface area contributed by atoms with Crippen molar-refractivity contribution in [1.29, 1.82) is 0 Å². The smallest absolute Gasteiger partial charge is 0.269 e. The predicted octanol–water partition coefficient (Wildman–Crippen LogP) is 4.97. The van der Waals surface area contributed by atoms with E-state index in [-0.39, 0.29) is 16.8 Å². The maximum atomic E-state index is 12.4. The second kappa shape index (κ2) is 10.5. The van der Waals surface area contributed by atoms with Crippen molar-refractivity contribution >= 4 is 23.4 Å². The minimum absolute atomic E-state index is 0.0332. The molecule has 154 valence electrons. The number of nitrogens with one attached hydrogen (secondary N) is 1. The van der Waals surface area contributed by atoms with E-state index in [0.29, 0.717) is 13.2 Å². The van der Waals surface area contributed by atoms with Crippen LogP contribution in [0.2, 0.25) is 0 Å². The second-order valence-corrected chi connectivity index (χ2v) is 8.06. The van der Waals surface area contributed by atoms with Gasteiger partial charge in [-0.2, -0.15) is 0 Å². The number of nitro benzene ring substituents is 1. The van der Waals surface area contributed by atoms with Crippen molar-refractivity contribution < 1.29 is 14.5 Å². The summed E-state index contributed by atoms with van der Waals surface area (Å²) in [5.74, 6) is 0.646. The van der Waals surface area contributed by atoms with E-state index in [1.54, 1.807) is 19.1 Å². The molecule has 1 atom stereocenters. The first-order valence-corrected chi connectivity index (χ1v) is 10.3. The topological polar surface area (TPSA) is 81.5 Å². The monoisotopic (exact) mass is 422 g/mol. The summed E-state index contributed by atoms with van der Waals surface area (Å²) in [6, 6.07) is 23.7. The lowest BCUT2D eigenvalue weighted by atomic mass is 10.2. The third-order valence-electron chi connectivity index (χ3n) is 4.34. The van der Waals surface area contributed by atoms with Gasteiger partial charge in [0.1, 0.15) is 12.4 Å². The van der Waals surface area contributed by atoms with Gasteiger partial charge in [-0.15, -0.1) is 11.8 Å². The van der Waals surface area contributed by atoms with Crippen molar-refractivity contribution in [1.82, 2.24) is 5.32 Å². The van der Waals surface area contributed by atoms with E-state index >= 15 is 0 Å². The maximum absolute atomic E-state index is 12.4. The van der Waals surface area contributed by atoms with Gasteiger partial charge in [-0.3, -0.25) is 14.9 Å². The summed E-state index contributed by atoms with van der Waals surface area (Å²) < 4.78 is 5.83. The Kier molecular flexibility index (Phi) is 7.45. The average molecular weight is 423 g/mol. The summed E-state index contributed by atoms with van der Waals surface area (Å²) in [7, 11) is 0. The summed E-state index contributed by atoms with van der Waals surface area (Å²) in [4.78, 5) is 23.5. The molecule has 6 nitrogen and oxygen atoms in total. The van der Waals surface area contributed by atoms with Gasteiger partial charge in [0, 0.05) is 23.6 Å². The van der Waals surface area contributed by atoms with Crippen LogP contribution in [0.1, 0.15) is 18.1 Å². The molecule has 0 aromatic heterocycles. The van der Waals surface area contributed by atoms with Gasteiger partial charge < -0.3 is 10.1 Å². The van der Waals surface area contributed by atoms with Crippen LogP contribution >= 0.6 is 11.8 Å². The number of amides is 1. The van der Waals surface area contributed by atoms with E-state index in [0.717, 1.165) is 21.8 Å². The number of carbonyl (C=O) groups excluding carboxylic acids is 1. The molecule has 0 fully saturated rings. The highest BCUT2D eigenvalue weighted by Crippen LogP contribution is 2.25. The number of nitro groups is 1. The highest BCUT2D eigenvalue weighted by molar-refractivity contribution is 8.00. The number of carbonyl (C=O) groups is 1. The van der Waals surface area contributed by atoms with Gasteiger partial charge in [-0.05, 0) is 42.3 Å². The first-order valence-electron chi connectivity index (χ1n) is 9.46. The van der Waals surface area contributed by atoms with Crippen molar-refractivity contribution in [2.24, 2.45) is 0 Å². The first-order chi connectivity index (χ1) is 14.5. The number of ether oxygens (including phenoxy) is 1. The molecule has 3 aromatic rings. The van der Waals surface area contributed by atoms with E-state index in [9.17, 15) is 14.9 Å². The van der Waals surface area contributed by atoms with Crippen LogP contribution in [-0.4, -0.2) is 16.1 Å². The standard InChI is InChI=1S/C23H22N2O4S/c1-17(30-22-12-10-20(11-13-22)25(27)28)23(26)24-15-19-8-5-9-21(14-19)29-16-18-6-3-2-4-7-18/h2-14,17H,15-16H2,1H3,(H,24,26). The molecule has 1 N–H and O–H groups in total. The fourth-order valence-corrected chi connectivity index (χ4v) is 3.61. The third-order valence-corrected chi connectivity index (χ3v) is 5.46. The summed E-state index contributed by atoms with van der Waals surface area (Å²) >= 11 is 1.36. The zero-order valence-corrected chi connectivity index (χ0v) is 17.3. The molecule has 0 bridgehead atoms. The number of benzene rings is 3. The Morgan fingerprint density at radius 3 is 2.43 bits per heavy atom. The molecule has 0 saturated heterocycles. The van der Waals surface area contributed by atoms with Crippen LogP contribution in [0, 0.1) is 10.1 Å². The van der Waals surface area contributed by atoms with E-state index in [2.05, 4.69) is 5.32 Å². The summed E-state index contributed by atoms with van der Waals surface area (Å²) in [6.45, 7) is 2.69. The minimum atomic E-state index is -0.442. The number of hydrogen-bond acceptors (Lipinski definition) is 5. The first kappa shape index (κ1) is 21.4. The molecule has 0 saturated carbocycles. The Bertz CT molecular complexity index is 994. The fraction of sp³-hybridized carbons (Fsp3) is 0.174. The van der Waals surface area contributed by atoms with E-state index in [1.807, 2.05) is 54.6 Å². The highest BCUT2D eigenvalue weighted by Gasteiger charge is 2.15. The van der Waals surface area contributed by atoms with Gasteiger partial charge in [0.2, 0.25) is 5.91 Å². The largest absolute Gasteiger partial charge is 0.489 e. The molecular formula is C23H22N2O4S. The molecule has 0 heterocycles. The van der Waals surface area contributed by atoms with Crippen LogP contribution in [0.15, 0.2) is 83.8 Å². The van der Waals surface area contributed by atoms with Crippen LogP contribution in [0.4, 0.5) is 5.69 Å². The van der Waals surface area contributed by atoms with Gasteiger partial charge in [0.05, 0.1) is 10.2 Å². The van der Waals surface area contributed by atoms with E-state index in [1.165, 1.54) is 23.9 Å². The molecule has 30 heavy (non-hydrogen) atoms. The minimum Gasteiger partial charge on any atom is -0.489 e. The third kappa shape index (κ3) is 6.35. The summed E-state index contributed by atoms with van der Waals surface area (Å²) in [5, 5.41) is 13.3. The number of nitrogens with zero attached hydrogens (tertiary/aromatic N) is 1. The van der Waals surface area contributed by atoms with Crippen LogP contribution in [-0.2, 0) is 17.9 Å². The Morgan fingerprint density at radius 1 is 1.03 bits per heavy atom. The van der Waals surface area contributed by atoms with Crippen molar-refractivity contribution in [3.8, 4) is 5.75 Å². The number of hydrogen-bond donors (Lipinski definition) is 1. The van der Waals surface area contributed by atoms with Crippen molar-refractivity contribution in [2.45, 2.75) is 30.2 Å². The lowest BCUT2D eigenvalue weighted by Gasteiger charge is -2.13. The van der Waals surface area contributed by atoms with Crippen LogP contribution in [0.3, 0.4) is 0 Å². The molecule has 0 aliphatic carbocycles. The van der Waals surface area contributed by atoms with Gasteiger partial charge in [-0.1, -0.05) is 42.5 Å². The molecular weight excluding hydrogens is 400 g/mol. The Hall–Kier alpha value is -3.32. The molecule has 0 radical (unpaired) electrons. The van der Waals surface area contributed by atoms with Crippen molar-refractivity contribution in [3.63, 3.8) is 0 Å². The Morgan fingerprint density at radius 2 is 1.73 bits per heavy atom. The second-order valence-electron chi connectivity index (χ2n) is 6.65. The molecule has 3 aromatic carbocycles. The quantitative estimate of drug-likeness (QED) is 0.299. The predicted molar refractivity (Wildman–Crippen MR) is 117 cm³/mol. The SMILES string of the molecule is CC(Sc1ccc([N+](=O)[O-])cc1)C(=O)NCc1cccc(OCc2ccccc2)c1. The zero-order chi connectivity index (χ0) is 21.3. The molecule has 1 amide bonds. The van der Waals surface area contributed by atoms with Crippen molar-refractivity contribution in [3.05, 3.63) is 100 Å². The van der Waals surface area contributed by atoms with Gasteiger partial charge in [-0.25, -0.2) is 0 Å². The number of rotatable bonds is 9. The molecule has 1 unspecified atom stereocenters. The molecule has 3 rings (SSSR count). The lowest BCUT2D eigenvalue weighted by molar-refractivity contribution is -0.384. The maximum Gasteiger partial charge on any atom is 0.269 e. The van der Waals surface area contributed by atoms with Gasteiger partial charge in [0.15, 0.2) is 0 Å². The highest BCUT2D eigenvalue weighted by atomic mass is 32.2. The van der Waals surface area contributed by atoms with E-state index in [4.69, 9.17) is 4.74 Å². The molecule has 0 spiro atoms. The molecule has 0 aliphatic rings. The Labute approximate surface area is 179 Å². The Balaban J connectivity index is 1.49. The lowest BCUT2D eigenvalue weighted by Crippen LogP contribution is -2.30. The van der Waals surface area contributed by atoms with Crippen LogP contribution < -0.4 is 10.1 Å². The molecule has 7 heteroatoms. The number of non-ortho nitro benzene ring substituents is 1. The zero-order valence-electron chi connectivity index (χ0n) is 16.5.